The summed E-state index contributed by atoms with van der Waals surface area (Å²) in [5, 5.41) is 0. The summed E-state index contributed by atoms with van der Waals surface area (Å²) in [6.45, 7) is 7.49. The summed E-state index contributed by atoms with van der Waals surface area (Å²) in [5.41, 5.74) is 1.38. The van der Waals surface area contributed by atoms with Crippen LogP contribution in [-0.4, -0.2) is 0 Å². The van der Waals surface area contributed by atoms with Gasteiger partial charge in [-0.15, -0.1) is 6.58 Å². The first-order chi connectivity index (χ1) is 3.33. The molecule has 0 aromatic rings. The Bertz CT molecular complexity index is 92.6. The van der Waals surface area contributed by atoms with Crippen LogP contribution in [0.1, 0.15) is 12.8 Å². The summed E-state index contributed by atoms with van der Waals surface area (Å²) >= 11 is 0. The van der Waals surface area contributed by atoms with Crippen molar-refractivity contribution in [1.82, 2.24) is 0 Å². The first kappa shape index (κ1) is 4.63. The summed E-state index contributed by atoms with van der Waals surface area (Å²) in [7, 11) is 0. The molecule has 0 aromatic carbocycles. The molecule has 7 heavy (non-hydrogen) atoms. The molecule has 38 valence electrons. The molecule has 0 radical (unpaired) electrons. The summed E-state index contributed by atoms with van der Waals surface area (Å²) in [6, 6.07) is 0. The van der Waals surface area contributed by atoms with E-state index in [4.69, 9.17) is 0 Å². The molecule has 0 nitrogen and oxygen atoms in total. The SMILES string of the molecule is C=CC1CC(=C)C1. The molecule has 1 fully saturated rings. The highest BCUT2D eigenvalue weighted by Crippen LogP contribution is 2.31. The maximum absolute atomic E-state index is 3.81. The summed E-state index contributed by atoms with van der Waals surface area (Å²) in [6.07, 6.45) is 4.38. The van der Waals surface area contributed by atoms with Crippen molar-refractivity contribution in [3.8, 4) is 0 Å². The van der Waals surface area contributed by atoms with Gasteiger partial charge in [0.1, 0.15) is 0 Å². The van der Waals surface area contributed by atoms with Gasteiger partial charge in [-0.25, -0.2) is 0 Å². The monoisotopic (exact) mass is 94.1 g/mol. The highest BCUT2D eigenvalue weighted by Gasteiger charge is 2.16. The van der Waals surface area contributed by atoms with Gasteiger partial charge in [-0.3, -0.25) is 0 Å². The van der Waals surface area contributed by atoms with Gasteiger partial charge < -0.3 is 0 Å². The molecule has 0 atom stereocenters. The molecule has 1 aliphatic rings. The molecule has 0 amide bonds. The third-order valence-corrected chi connectivity index (χ3v) is 1.44. The predicted octanol–water partition coefficient (Wildman–Crippen LogP) is 2.14. The second kappa shape index (κ2) is 1.53. The van der Waals surface area contributed by atoms with Crippen LogP contribution in [0.4, 0.5) is 0 Å². The van der Waals surface area contributed by atoms with Crippen molar-refractivity contribution >= 4 is 0 Å². The van der Waals surface area contributed by atoms with Gasteiger partial charge in [0, 0.05) is 0 Å². The lowest BCUT2D eigenvalue weighted by Crippen LogP contribution is -2.09. The van der Waals surface area contributed by atoms with Crippen molar-refractivity contribution in [2.24, 2.45) is 5.92 Å². The molecule has 0 heteroatoms. The summed E-state index contributed by atoms with van der Waals surface area (Å²) in [5.74, 6) is 0.757. The fourth-order valence-corrected chi connectivity index (χ4v) is 0.848. The summed E-state index contributed by atoms with van der Waals surface area (Å²) < 4.78 is 0. The normalized spacial score (nSPS) is 21.4. The van der Waals surface area contributed by atoms with Crippen LogP contribution >= 0.6 is 0 Å². The van der Waals surface area contributed by atoms with Crippen LogP contribution in [-0.2, 0) is 0 Å². The minimum Gasteiger partial charge on any atom is -0.103 e. The smallest absolute Gasteiger partial charge is 0.0162 e. The predicted molar refractivity (Wildman–Crippen MR) is 32.1 cm³/mol. The minimum atomic E-state index is 0.757. The van der Waals surface area contributed by atoms with Crippen LogP contribution < -0.4 is 0 Å². The van der Waals surface area contributed by atoms with E-state index in [-0.39, 0.29) is 0 Å². The molecule has 1 rings (SSSR count). The second-order valence-electron chi connectivity index (χ2n) is 2.15. The Balaban J connectivity index is 2.29. The van der Waals surface area contributed by atoms with E-state index in [0.717, 1.165) is 5.92 Å². The fraction of sp³-hybridized carbons (Fsp3) is 0.429. The Labute approximate surface area is 44.5 Å². The Hall–Kier alpha value is -0.520. The molecule has 0 spiro atoms. The lowest BCUT2D eigenvalue weighted by molar-refractivity contribution is 0.518. The number of allylic oxidation sites excluding steroid dienone is 2. The molecule has 0 heterocycles. The van der Waals surface area contributed by atoms with Crippen molar-refractivity contribution in [3.05, 3.63) is 24.8 Å². The van der Waals surface area contributed by atoms with E-state index in [1.54, 1.807) is 0 Å². The Morgan fingerprint density at radius 1 is 1.57 bits per heavy atom. The lowest BCUT2D eigenvalue weighted by atomic mass is 9.81. The third kappa shape index (κ3) is 0.738. The first-order valence-corrected chi connectivity index (χ1v) is 2.62. The molecular weight excluding hydrogens is 84.1 g/mol. The average molecular weight is 94.2 g/mol. The van der Waals surface area contributed by atoms with Gasteiger partial charge >= 0.3 is 0 Å². The quantitative estimate of drug-likeness (QED) is 0.437. The maximum atomic E-state index is 3.81. The van der Waals surface area contributed by atoms with Gasteiger partial charge in [-0.05, 0) is 18.8 Å². The van der Waals surface area contributed by atoms with Gasteiger partial charge in [0.15, 0.2) is 0 Å². The molecule has 1 saturated carbocycles. The molecular formula is C7H10. The highest BCUT2D eigenvalue weighted by atomic mass is 14.2. The Kier molecular flexibility index (Phi) is 1.01. The zero-order chi connectivity index (χ0) is 5.28. The Morgan fingerprint density at radius 3 is 2.29 bits per heavy atom. The van der Waals surface area contributed by atoms with E-state index in [9.17, 15) is 0 Å². The van der Waals surface area contributed by atoms with E-state index in [1.165, 1.54) is 18.4 Å². The fourth-order valence-electron chi connectivity index (χ4n) is 0.848. The zero-order valence-corrected chi connectivity index (χ0v) is 4.48. The molecule has 1 aliphatic carbocycles. The molecule has 0 bridgehead atoms. The van der Waals surface area contributed by atoms with Crippen LogP contribution in [0.15, 0.2) is 24.8 Å². The number of rotatable bonds is 1. The molecule has 0 saturated heterocycles. The zero-order valence-electron chi connectivity index (χ0n) is 4.48. The van der Waals surface area contributed by atoms with Gasteiger partial charge in [0.25, 0.3) is 0 Å². The van der Waals surface area contributed by atoms with Crippen LogP contribution in [0, 0.1) is 5.92 Å². The van der Waals surface area contributed by atoms with Crippen LogP contribution in [0.25, 0.3) is 0 Å². The van der Waals surface area contributed by atoms with Gasteiger partial charge in [-0.1, -0.05) is 18.2 Å². The molecule has 0 unspecified atom stereocenters. The summed E-state index contributed by atoms with van der Waals surface area (Å²) in [4.78, 5) is 0. The molecule has 0 aliphatic heterocycles. The van der Waals surface area contributed by atoms with Crippen molar-refractivity contribution in [2.45, 2.75) is 12.8 Å². The third-order valence-electron chi connectivity index (χ3n) is 1.44. The van der Waals surface area contributed by atoms with Crippen molar-refractivity contribution in [3.63, 3.8) is 0 Å². The minimum absolute atomic E-state index is 0.757. The largest absolute Gasteiger partial charge is 0.103 e. The Morgan fingerprint density at radius 2 is 2.14 bits per heavy atom. The standard InChI is InChI=1S/C7H10/c1-3-7-4-6(2)5-7/h3,7H,1-2,4-5H2. The average Bonchev–Trinajstić information content (AvgIpc) is 1.58. The number of hydrogen-bond acceptors (Lipinski definition) is 0. The number of hydrogen-bond donors (Lipinski definition) is 0. The molecule has 0 N–H and O–H groups in total. The van der Waals surface area contributed by atoms with Gasteiger partial charge in [0.05, 0.1) is 0 Å². The molecule has 0 aromatic heterocycles. The topological polar surface area (TPSA) is 0 Å². The van der Waals surface area contributed by atoms with E-state index in [2.05, 4.69) is 13.2 Å². The second-order valence-corrected chi connectivity index (χ2v) is 2.15. The van der Waals surface area contributed by atoms with Crippen molar-refractivity contribution in [1.29, 1.82) is 0 Å². The van der Waals surface area contributed by atoms with Crippen molar-refractivity contribution in [2.75, 3.05) is 0 Å². The highest BCUT2D eigenvalue weighted by molar-refractivity contribution is 5.11. The van der Waals surface area contributed by atoms with E-state index < -0.39 is 0 Å². The van der Waals surface area contributed by atoms with E-state index in [0.29, 0.717) is 0 Å². The van der Waals surface area contributed by atoms with E-state index in [1.807, 2.05) is 6.08 Å². The van der Waals surface area contributed by atoms with Crippen LogP contribution in [0.5, 0.6) is 0 Å². The maximum Gasteiger partial charge on any atom is -0.0162 e. The first-order valence-electron chi connectivity index (χ1n) is 2.62. The van der Waals surface area contributed by atoms with Crippen LogP contribution in [0.2, 0.25) is 0 Å². The van der Waals surface area contributed by atoms with Crippen molar-refractivity contribution < 1.29 is 0 Å². The van der Waals surface area contributed by atoms with Gasteiger partial charge in [0.2, 0.25) is 0 Å². The van der Waals surface area contributed by atoms with E-state index >= 15 is 0 Å². The van der Waals surface area contributed by atoms with Crippen LogP contribution in [0.3, 0.4) is 0 Å². The van der Waals surface area contributed by atoms with Gasteiger partial charge in [-0.2, -0.15) is 0 Å². The lowest BCUT2D eigenvalue weighted by Gasteiger charge is -2.24.